The molecule has 0 spiro atoms. The fourth-order valence-corrected chi connectivity index (χ4v) is 3.83. The monoisotopic (exact) mass is 360 g/mol. The molecule has 3 rings (SSSR count). The van der Waals surface area contributed by atoms with Crippen molar-refractivity contribution in [1.29, 1.82) is 5.26 Å². The Balaban J connectivity index is 1.78. The number of carbonyl (C=O) groups is 1. The lowest BCUT2D eigenvalue weighted by molar-refractivity contribution is -0.117. The molecule has 0 aliphatic heterocycles. The molecule has 0 aromatic heterocycles. The molecule has 3 aromatic carbocycles. The normalized spacial score (nSPS) is 11.7. The molecule has 3 nitrogen and oxygen atoms in total. The lowest BCUT2D eigenvalue weighted by Gasteiger charge is -2.25. The van der Waals surface area contributed by atoms with Gasteiger partial charge in [-0.15, -0.1) is 11.8 Å². The molecule has 0 heterocycles. The molecule has 0 aliphatic rings. The van der Waals surface area contributed by atoms with E-state index in [0.717, 1.165) is 10.6 Å². The highest BCUT2D eigenvalue weighted by molar-refractivity contribution is 8.00. The van der Waals surface area contributed by atoms with Gasteiger partial charge in [0.1, 0.15) is 0 Å². The average Bonchev–Trinajstić information content (AvgIpc) is 2.69. The van der Waals surface area contributed by atoms with Gasteiger partial charge in [-0.1, -0.05) is 48.5 Å². The van der Waals surface area contributed by atoms with Crippen molar-refractivity contribution in [2.24, 2.45) is 0 Å². The van der Waals surface area contributed by atoms with Crippen molar-refractivity contribution < 1.29 is 4.79 Å². The van der Waals surface area contributed by atoms with Gasteiger partial charge in [0.05, 0.1) is 17.7 Å². The summed E-state index contributed by atoms with van der Waals surface area (Å²) in [4.78, 5) is 15.8. The van der Waals surface area contributed by atoms with Crippen LogP contribution < -0.4 is 4.90 Å². The van der Waals surface area contributed by atoms with Crippen LogP contribution in [0.2, 0.25) is 0 Å². The van der Waals surface area contributed by atoms with Crippen LogP contribution in [0.1, 0.15) is 13.3 Å². The van der Waals surface area contributed by atoms with E-state index in [2.05, 4.69) is 36.4 Å². The number of fused-ring (bicyclic) bond motifs is 1. The molecule has 0 bridgehead atoms. The lowest BCUT2D eigenvalue weighted by atomic mass is 10.1. The Hall–Kier alpha value is -2.77. The van der Waals surface area contributed by atoms with Gasteiger partial charge in [-0.3, -0.25) is 4.79 Å². The summed E-state index contributed by atoms with van der Waals surface area (Å²) in [6.45, 7) is 2.33. The van der Waals surface area contributed by atoms with E-state index in [0.29, 0.717) is 13.0 Å². The minimum Gasteiger partial charge on any atom is -0.310 e. The van der Waals surface area contributed by atoms with Gasteiger partial charge in [-0.05, 0) is 42.0 Å². The number of hydrogen-bond acceptors (Lipinski definition) is 3. The topological polar surface area (TPSA) is 44.1 Å². The van der Waals surface area contributed by atoms with Crippen LogP contribution in [0.5, 0.6) is 0 Å². The summed E-state index contributed by atoms with van der Waals surface area (Å²) in [7, 11) is 0. The van der Waals surface area contributed by atoms with Crippen molar-refractivity contribution in [3.05, 3.63) is 72.8 Å². The average molecular weight is 360 g/mol. The highest BCUT2D eigenvalue weighted by Crippen LogP contribution is 2.29. The Kier molecular flexibility index (Phi) is 5.93. The first-order chi connectivity index (χ1) is 12.7. The van der Waals surface area contributed by atoms with Crippen LogP contribution in [0, 0.1) is 11.3 Å². The van der Waals surface area contributed by atoms with Gasteiger partial charge in [0.15, 0.2) is 0 Å². The third kappa shape index (κ3) is 4.25. The van der Waals surface area contributed by atoms with E-state index in [4.69, 9.17) is 5.26 Å². The van der Waals surface area contributed by atoms with E-state index >= 15 is 0 Å². The molecule has 0 saturated heterocycles. The molecule has 26 heavy (non-hydrogen) atoms. The van der Waals surface area contributed by atoms with Crippen LogP contribution in [-0.2, 0) is 4.79 Å². The fraction of sp³-hybridized carbons (Fsp3) is 0.182. The van der Waals surface area contributed by atoms with Crippen LogP contribution in [0.4, 0.5) is 5.69 Å². The number of nitriles is 1. The van der Waals surface area contributed by atoms with E-state index in [9.17, 15) is 4.79 Å². The number of nitrogens with zero attached hydrogens (tertiary/aromatic N) is 2. The molecule has 3 aromatic rings. The van der Waals surface area contributed by atoms with E-state index in [1.807, 2.05) is 49.4 Å². The molecule has 0 aliphatic carbocycles. The minimum absolute atomic E-state index is 0.0182. The van der Waals surface area contributed by atoms with Crippen molar-refractivity contribution in [2.45, 2.75) is 23.5 Å². The van der Waals surface area contributed by atoms with Gasteiger partial charge in [0.2, 0.25) is 5.91 Å². The van der Waals surface area contributed by atoms with Crippen LogP contribution in [0.3, 0.4) is 0 Å². The predicted molar refractivity (Wildman–Crippen MR) is 108 cm³/mol. The number of thioether (sulfide) groups is 1. The number of hydrogen-bond donors (Lipinski definition) is 0. The number of anilines is 1. The second kappa shape index (κ2) is 8.55. The van der Waals surface area contributed by atoms with Gasteiger partial charge in [0, 0.05) is 17.1 Å². The minimum atomic E-state index is -0.241. The first-order valence-corrected chi connectivity index (χ1v) is 9.46. The quantitative estimate of drug-likeness (QED) is 0.563. The summed E-state index contributed by atoms with van der Waals surface area (Å²) in [5.41, 5.74) is 0.832. The van der Waals surface area contributed by atoms with Crippen LogP contribution in [0.25, 0.3) is 10.8 Å². The standard InChI is InChI=1S/C22H20N2OS/c1-17(26-21-13-12-18-8-5-6-9-19(18)16-21)22(25)24(15-7-14-23)20-10-3-2-4-11-20/h2-6,8-13,16-17H,7,15H2,1H3/t17-/m1/s1. The van der Waals surface area contributed by atoms with E-state index in [1.165, 1.54) is 10.8 Å². The van der Waals surface area contributed by atoms with Crippen LogP contribution >= 0.6 is 11.8 Å². The molecule has 0 unspecified atom stereocenters. The Labute approximate surface area is 158 Å². The maximum atomic E-state index is 13.0. The summed E-state index contributed by atoms with van der Waals surface area (Å²) in [5, 5.41) is 11.0. The second-order valence-electron chi connectivity index (χ2n) is 6.00. The molecular formula is C22H20N2OS. The molecule has 0 fully saturated rings. The first-order valence-electron chi connectivity index (χ1n) is 8.58. The van der Waals surface area contributed by atoms with Gasteiger partial charge in [-0.25, -0.2) is 0 Å². The molecule has 0 N–H and O–H groups in total. The Morgan fingerprint density at radius 2 is 1.73 bits per heavy atom. The number of benzene rings is 3. The molecule has 0 radical (unpaired) electrons. The Bertz CT molecular complexity index is 934. The van der Waals surface area contributed by atoms with Crippen LogP contribution in [0.15, 0.2) is 77.7 Å². The summed E-state index contributed by atoms with van der Waals surface area (Å²) in [6, 6.07) is 26.1. The van der Waals surface area contributed by atoms with Gasteiger partial charge in [0.25, 0.3) is 0 Å². The Morgan fingerprint density at radius 1 is 1.04 bits per heavy atom. The number of amides is 1. The van der Waals surface area contributed by atoms with E-state index in [1.54, 1.807) is 16.7 Å². The molecule has 1 atom stereocenters. The molecule has 1 amide bonds. The third-order valence-corrected chi connectivity index (χ3v) is 5.24. The van der Waals surface area contributed by atoms with E-state index < -0.39 is 0 Å². The van der Waals surface area contributed by atoms with Gasteiger partial charge in [-0.2, -0.15) is 5.26 Å². The van der Waals surface area contributed by atoms with Gasteiger partial charge < -0.3 is 4.90 Å². The second-order valence-corrected chi connectivity index (χ2v) is 7.42. The number of para-hydroxylation sites is 1. The molecule has 0 saturated carbocycles. The largest absolute Gasteiger partial charge is 0.310 e. The molecule has 130 valence electrons. The smallest absolute Gasteiger partial charge is 0.240 e. The summed E-state index contributed by atoms with van der Waals surface area (Å²) in [6.07, 6.45) is 0.313. The zero-order valence-corrected chi connectivity index (χ0v) is 15.4. The van der Waals surface area contributed by atoms with Crippen molar-refractivity contribution in [2.75, 3.05) is 11.4 Å². The maximum absolute atomic E-state index is 13.0. The van der Waals surface area contributed by atoms with Crippen molar-refractivity contribution in [3.63, 3.8) is 0 Å². The summed E-state index contributed by atoms with van der Waals surface area (Å²) < 4.78 is 0. The predicted octanol–water partition coefficient (Wildman–Crippen LogP) is 5.27. The highest BCUT2D eigenvalue weighted by Gasteiger charge is 2.22. The lowest BCUT2D eigenvalue weighted by Crippen LogP contribution is -2.37. The molecule has 4 heteroatoms. The number of rotatable bonds is 6. The highest BCUT2D eigenvalue weighted by atomic mass is 32.2. The first kappa shape index (κ1) is 18.0. The zero-order chi connectivity index (χ0) is 18.4. The zero-order valence-electron chi connectivity index (χ0n) is 14.6. The fourth-order valence-electron chi connectivity index (χ4n) is 2.85. The van der Waals surface area contributed by atoms with Crippen molar-refractivity contribution in [1.82, 2.24) is 0 Å². The van der Waals surface area contributed by atoms with E-state index in [-0.39, 0.29) is 11.2 Å². The van der Waals surface area contributed by atoms with Crippen molar-refractivity contribution >= 4 is 34.1 Å². The summed E-state index contributed by atoms with van der Waals surface area (Å²) >= 11 is 1.55. The third-order valence-electron chi connectivity index (χ3n) is 4.16. The van der Waals surface area contributed by atoms with Crippen LogP contribution in [-0.4, -0.2) is 17.7 Å². The summed E-state index contributed by atoms with van der Waals surface area (Å²) in [5.74, 6) is 0.0182. The maximum Gasteiger partial charge on any atom is 0.240 e. The van der Waals surface area contributed by atoms with Gasteiger partial charge >= 0.3 is 0 Å². The Morgan fingerprint density at radius 3 is 2.46 bits per heavy atom. The number of carbonyl (C=O) groups excluding carboxylic acids is 1. The van der Waals surface area contributed by atoms with Crippen molar-refractivity contribution in [3.8, 4) is 6.07 Å². The molecular weight excluding hydrogens is 340 g/mol. The SMILES string of the molecule is C[C@@H](Sc1ccc2ccccc2c1)C(=O)N(CCC#N)c1ccccc1.